The first kappa shape index (κ1) is 17.9. The van der Waals surface area contributed by atoms with E-state index in [4.69, 9.17) is 15.2 Å². The quantitative estimate of drug-likeness (QED) is 0.828. The number of nitrogens with two attached hydrogens (primary N) is 1. The van der Waals surface area contributed by atoms with Gasteiger partial charge in [-0.15, -0.1) is 0 Å². The van der Waals surface area contributed by atoms with Crippen LogP contribution in [0.25, 0.3) is 0 Å². The molecular weight excluding hydrogens is 310 g/mol. The number of likely N-dealkylation sites (tertiary alicyclic amines) is 1. The number of nitrogens with zero attached hydrogens (tertiary/aromatic N) is 1. The Balaban J connectivity index is 2.17. The molecule has 0 saturated carbocycles. The lowest BCUT2D eigenvalue weighted by Gasteiger charge is -2.36. The van der Waals surface area contributed by atoms with Crippen LogP contribution in [0.3, 0.4) is 0 Å². The zero-order valence-electron chi connectivity index (χ0n) is 14.2. The zero-order chi connectivity index (χ0) is 17.5. The van der Waals surface area contributed by atoms with Gasteiger partial charge in [-0.2, -0.15) is 0 Å². The Labute approximate surface area is 142 Å². The second kappa shape index (κ2) is 8.42. The zero-order valence-corrected chi connectivity index (χ0v) is 14.2. The molecule has 7 nitrogen and oxygen atoms in total. The highest BCUT2D eigenvalue weighted by Crippen LogP contribution is 2.29. The monoisotopic (exact) mass is 335 g/mol. The number of ether oxygens (including phenoxy) is 2. The first-order valence-corrected chi connectivity index (χ1v) is 8.22. The van der Waals surface area contributed by atoms with E-state index in [9.17, 15) is 9.59 Å². The highest BCUT2D eigenvalue weighted by molar-refractivity contribution is 5.95. The Bertz CT molecular complexity index is 591. The van der Waals surface area contributed by atoms with E-state index in [2.05, 4.69) is 5.32 Å². The van der Waals surface area contributed by atoms with E-state index in [0.29, 0.717) is 36.8 Å². The lowest BCUT2D eigenvalue weighted by atomic mass is 10.0. The molecule has 1 aromatic rings. The van der Waals surface area contributed by atoms with Crippen molar-refractivity contribution in [2.45, 2.75) is 32.2 Å². The highest BCUT2D eigenvalue weighted by atomic mass is 16.5. The Morgan fingerprint density at radius 1 is 1.33 bits per heavy atom. The molecule has 1 heterocycles. The summed E-state index contributed by atoms with van der Waals surface area (Å²) in [5.41, 5.74) is 5.68. The van der Waals surface area contributed by atoms with Crippen LogP contribution >= 0.6 is 0 Å². The van der Waals surface area contributed by atoms with Gasteiger partial charge in [0, 0.05) is 24.7 Å². The number of hydrogen-bond donors (Lipinski definition) is 2. The highest BCUT2D eigenvalue weighted by Gasteiger charge is 2.28. The lowest BCUT2D eigenvalue weighted by Crippen LogP contribution is -2.50. The third-order valence-electron chi connectivity index (χ3n) is 4.11. The predicted octanol–water partition coefficient (Wildman–Crippen LogP) is 1.76. The number of carbonyl (C=O) groups is 2. The minimum Gasteiger partial charge on any atom is -0.493 e. The van der Waals surface area contributed by atoms with Crippen LogP contribution in [0.4, 0.5) is 4.79 Å². The molecule has 0 radical (unpaired) electrons. The van der Waals surface area contributed by atoms with Crippen molar-refractivity contribution in [3.05, 3.63) is 23.8 Å². The molecule has 0 bridgehead atoms. The SMILES string of the molecule is CCOc1ccc(C(=O)N2CCCC[C@H]2CNC(N)=O)cc1OC. The van der Waals surface area contributed by atoms with Crippen molar-refractivity contribution in [2.75, 3.05) is 26.8 Å². The number of piperidine rings is 1. The molecule has 2 rings (SSSR count). The summed E-state index contributed by atoms with van der Waals surface area (Å²) in [6.45, 7) is 3.45. The van der Waals surface area contributed by atoms with Crippen LogP contribution in [-0.2, 0) is 0 Å². The predicted molar refractivity (Wildman–Crippen MR) is 90.4 cm³/mol. The van der Waals surface area contributed by atoms with E-state index in [0.717, 1.165) is 19.3 Å². The van der Waals surface area contributed by atoms with Gasteiger partial charge in [-0.3, -0.25) is 4.79 Å². The van der Waals surface area contributed by atoms with Gasteiger partial charge in [0.25, 0.3) is 5.91 Å². The number of carbonyl (C=O) groups excluding carboxylic acids is 2. The van der Waals surface area contributed by atoms with Crippen molar-refractivity contribution in [1.29, 1.82) is 0 Å². The number of urea groups is 1. The second-order valence-corrected chi connectivity index (χ2v) is 5.69. The number of methoxy groups -OCH3 is 1. The maximum atomic E-state index is 12.9. The van der Waals surface area contributed by atoms with Crippen molar-refractivity contribution in [2.24, 2.45) is 5.73 Å². The van der Waals surface area contributed by atoms with Crippen LogP contribution in [0, 0.1) is 0 Å². The molecule has 0 aliphatic carbocycles. The molecular formula is C17H25N3O4. The van der Waals surface area contributed by atoms with E-state index >= 15 is 0 Å². The number of nitrogens with one attached hydrogen (secondary N) is 1. The number of hydrogen-bond acceptors (Lipinski definition) is 4. The number of primary amides is 1. The average molecular weight is 335 g/mol. The van der Waals surface area contributed by atoms with Crippen molar-refractivity contribution in [1.82, 2.24) is 10.2 Å². The molecule has 1 aliphatic rings. The van der Waals surface area contributed by atoms with Crippen molar-refractivity contribution in [3.8, 4) is 11.5 Å². The van der Waals surface area contributed by atoms with Crippen molar-refractivity contribution < 1.29 is 19.1 Å². The van der Waals surface area contributed by atoms with Crippen LogP contribution in [0.1, 0.15) is 36.5 Å². The fourth-order valence-electron chi connectivity index (χ4n) is 2.94. The van der Waals surface area contributed by atoms with Crippen LogP contribution in [0.15, 0.2) is 18.2 Å². The van der Waals surface area contributed by atoms with E-state index in [1.165, 1.54) is 0 Å². The Morgan fingerprint density at radius 3 is 2.79 bits per heavy atom. The minimum absolute atomic E-state index is 0.0451. The molecule has 0 spiro atoms. The summed E-state index contributed by atoms with van der Waals surface area (Å²) in [6, 6.07) is 4.56. The fourth-order valence-corrected chi connectivity index (χ4v) is 2.94. The normalized spacial score (nSPS) is 17.2. The molecule has 0 unspecified atom stereocenters. The first-order valence-electron chi connectivity index (χ1n) is 8.22. The van der Waals surface area contributed by atoms with Gasteiger partial charge in [0.05, 0.1) is 13.7 Å². The molecule has 132 valence electrons. The second-order valence-electron chi connectivity index (χ2n) is 5.69. The first-order chi connectivity index (χ1) is 11.6. The molecule has 1 aromatic carbocycles. The number of benzene rings is 1. The maximum absolute atomic E-state index is 12.9. The molecule has 1 saturated heterocycles. The van der Waals surface area contributed by atoms with Crippen molar-refractivity contribution in [3.63, 3.8) is 0 Å². The molecule has 3 amide bonds. The summed E-state index contributed by atoms with van der Waals surface area (Å²) in [6.07, 6.45) is 2.83. The van der Waals surface area contributed by atoms with Gasteiger partial charge in [0.15, 0.2) is 11.5 Å². The standard InChI is InChI=1S/C17H25N3O4/c1-3-24-14-8-7-12(10-15(14)23-2)16(21)20-9-5-4-6-13(20)11-19-17(18)22/h7-8,10,13H,3-6,9,11H2,1-2H3,(H3,18,19,22)/t13-/m0/s1. The van der Waals surface area contributed by atoms with Gasteiger partial charge in [-0.05, 0) is 44.4 Å². The fraction of sp³-hybridized carbons (Fsp3) is 0.529. The molecule has 0 aromatic heterocycles. The molecule has 3 N–H and O–H groups in total. The van der Waals surface area contributed by atoms with Crippen LogP contribution in [0.5, 0.6) is 11.5 Å². The summed E-state index contributed by atoms with van der Waals surface area (Å²) in [5.74, 6) is 1.07. The lowest BCUT2D eigenvalue weighted by molar-refractivity contribution is 0.0614. The van der Waals surface area contributed by atoms with E-state index < -0.39 is 6.03 Å². The van der Waals surface area contributed by atoms with Crippen LogP contribution in [0.2, 0.25) is 0 Å². The van der Waals surface area contributed by atoms with Gasteiger partial charge < -0.3 is 25.4 Å². The number of rotatable bonds is 6. The van der Waals surface area contributed by atoms with Crippen LogP contribution in [-0.4, -0.2) is 49.7 Å². The largest absolute Gasteiger partial charge is 0.493 e. The van der Waals surface area contributed by atoms with E-state index in [1.54, 1.807) is 30.2 Å². The van der Waals surface area contributed by atoms with E-state index in [1.807, 2.05) is 6.92 Å². The molecule has 7 heteroatoms. The third-order valence-corrected chi connectivity index (χ3v) is 4.11. The summed E-state index contributed by atoms with van der Waals surface area (Å²) >= 11 is 0. The summed E-state index contributed by atoms with van der Waals surface area (Å²) < 4.78 is 10.8. The average Bonchev–Trinajstić information content (AvgIpc) is 2.60. The third kappa shape index (κ3) is 4.31. The van der Waals surface area contributed by atoms with Gasteiger partial charge in [-0.25, -0.2) is 4.79 Å². The van der Waals surface area contributed by atoms with Gasteiger partial charge >= 0.3 is 6.03 Å². The Kier molecular flexibility index (Phi) is 6.28. The maximum Gasteiger partial charge on any atom is 0.312 e. The van der Waals surface area contributed by atoms with E-state index in [-0.39, 0.29) is 11.9 Å². The summed E-state index contributed by atoms with van der Waals surface area (Å²) in [7, 11) is 1.55. The Morgan fingerprint density at radius 2 is 2.12 bits per heavy atom. The molecule has 24 heavy (non-hydrogen) atoms. The number of amides is 3. The summed E-state index contributed by atoms with van der Waals surface area (Å²) in [5, 5.41) is 2.60. The van der Waals surface area contributed by atoms with Gasteiger partial charge in [0.2, 0.25) is 0 Å². The summed E-state index contributed by atoms with van der Waals surface area (Å²) in [4.78, 5) is 25.6. The Hall–Kier alpha value is -2.44. The molecule has 1 fully saturated rings. The molecule has 1 atom stereocenters. The van der Waals surface area contributed by atoms with Gasteiger partial charge in [-0.1, -0.05) is 0 Å². The van der Waals surface area contributed by atoms with Crippen LogP contribution < -0.4 is 20.5 Å². The smallest absolute Gasteiger partial charge is 0.312 e. The minimum atomic E-state index is -0.573. The van der Waals surface area contributed by atoms with Crippen molar-refractivity contribution >= 4 is 11.9 Å². The van der Waals surface area contributed by atoms with Gasteiger partial charge in [0.1, 0.15) is 0 Å². The molecule has 1 aliphatic heterocycles. The topological polar surface area (TPSA) is 93.9 Å².